The van der Waals surface area contributed by atoms with Crippen molar-refractivity contribution in [3.63, 3.8) is 0 Å². The van der Waals surface area contributed by atoms with Gasteiger partial charge in [0.2, 0.25) is 0 Å². The number of amides is 1. The van der Waals surface area contributed by atoms with Gasteiger partial charge >= 0.3 is 5.97 Å². The maximum atomic E-state index is 12.7. The number of carbonyl (C=O) groups is 2. The zero-order valence-electron chi connectivity index (χ0n) is 19.3. The minimum Gasteiger partial charge on any atom is -0.467 e. The molecule has 1 heterocycles. The number of hydrogen-bond donors (Lipinski definition) is 1. The zero-order chi connectivity index (χ0) is 24.6. The van der Waals surface area contributed by atoms with E-state index in [0.717, 1.165) is 31.6 Å². The van der Waals surface area contributed by atoms with Crippen LogP contribution in [0.25, 0.3) is 6.08 Å². The molecule has 3 rings (SSSR count). The Morgan fingerprint density at radius 3 is 2.32 bits per heavy atom. The lowest BCUT2D eigenvalue weighted by Crippen LogP contribution is -2.41. The Labute approximate surface area is 210 Å². The van der Waals surface area contributed by atoms with Crippen LogP contribution in [0, 0.1) is 0 Å². The van der Waals surface area contributed by atoms with Crippen molar-refractivity contribution < 1.29 is 23.8 Å². The van der Waals surface area contributed by atoms with E-state index in [0.29, 0.717) is 6.61 Å². The summed E-state index contributed by atoms with van der Waals surface area (Å²) in [4.78, 5) is 24.9. The molecule has 1 atom stereocenters. The van der Waals surface area contributed by atoms with E-state index in [1.165, 1.54) is 12.7 Å². The third-order valence-electron chi connectivity index (χ3n) is 6.06. The van der Waals surface area contributed by atoms with Crippen molar-refractivity contribution in [3.05, 3.63) is 75.3 Å². The number of hydrogen-bond acceptors (Lipinski definition) is 5. The van der Waals surface area contributed by atoms with Crippen molar-refractivity contribution in [1.82, 2.24) is 5.32 Å². The maximum absolute atomic E-state index is 12.7. The summed E-state index contributed by atoms with van der Waals surface area (Å²) >= 11 is 12.2. The molecule has 0 radical (unpaired) electrons. The molecular weight excluding hydrogens is 477 g/mol. The number of esters is 1. The fourth-order valence-corrected chi connectivity index (χ4v) is 4.71. The Morgan fingerprint density at radius 1 is 1.09 bits per heavy atom. The molecule has 8 heteroatoms. The molecule has 0 aromatic heterocycles. The molecule has 0 bridgehead atoms. The van der Waals surface area contributed by atoms with Crippen molar-refractivity contribution in [3.8, 4) is 0 Å². The van der Waals surface area contributed by atoms with Crippen LogP contribution in [0.3, 0.4) is 0 Å². The monoisotopic (exact) mass is 505 g/mol. The summed E-state index contributed by atoms with van der Waals surface area (Å²) in [6.07, 6.45) is 5.82. The summed E-state index contributed by atoms with van der Waals surface area (Å²) in [7, 11) is 3.00. The second kappa shape index (κ2) is 12.4. The summed E-state index contributed by atoms with van der Waals surface area (Å²) in [6.45, 7) is 2.11. The van der Waals surface area contributed by atoms with E-state index in [1.54, 1.807) is 25.3 Å². The molecule has 1 N–H and O–H groups in total. The molecule has 34 heavy (non-hydrogen) atoms. The predicted molar refractivity (Wildman–Crippen MR) is 133 cm³/mol. The number of rotatable bonds is 9. The van der Waals surface area contributed by atoms with Gasteiger partial charge in [-0.15, -0.1) is 0 Å². The second-order valence-electron chi connectivity index (χ2n) is 8.23. The van der Waals surface area contributed by atoms with Crippen LogP contribution in [0.5, 0.6) is 0 Å². The van der Waals surface area contributed by atoms with Gasteiger partial charge in [0, 0.05) is 25.7 Å². The first-order valence-corrected chi connectivity index (χ1v) is 11.8. The topological polar surface area (TPSA) is 73.9 Å². The summed E-state index contributed by atoms with van der Waals surface area (Å²) in [5, 5.41) is 3.08. The first-order chi connectivity index (χ1) is 16.4. The number of methoxy groups -OCH3 is 2. The van der Waals surface area contributed by atoms with Crippen LogP contribution in [0.15, 0.2) is 48.5 Å². The lowest BCUT2D eigenvalue weighted by atomic mass is 9.74. The highest BCUT2D eigenvalue weighted by molar-refractivity contribution is 6.39. The molecule has 1 aliphatic heterocycles. The normalized spacial score (nSPS) is 16.2. The largest absolute Gasteiger partial charge is 0.467 e. The second-order valence-corrected chi connectivity index (χ2v) is 9.05. The highest BCUT2D eigenvalue weighted by atomic mass is 35.5. The van der Waals surface area contributed by atoms with E-state index in [1.807, 2.05) is 24.3 Å². The predicted octanol–water partition coefficient (Wildman–Crippen LogP) is 5.06. The molecule has 6 nitrogen and oxygen atoms in total. The van der Waals surface area contributed by atoms with E-state index in [-0.39, 0.29) is 27.4 Å². The van der Waals surface area contributed by atoms with Crippen molar-refractivity contribution in [2.75, 3.05) is 34.0 Å². The maximum Gasteiger partial charge on any atom is 0.328 e. The Morgan fingerprint density at radius 2 is 1.74 bits per heavy atom. The number of ether oxygens (including phenoxy) is 3. The van der Waals surface area contributed by atoms with Crippen LogP contribution in [0.1, 0.15) is 40.7 Å². The van der Waals surface area contributed by atoms with Crippen LogP contribution >= 0.6 is 23.2 Å². The number of benzene rings is 2. The summed E-state index contributed by atoms with van der Waals surface area (Å²) in [5.74, 6) is -1.10. The molecule has 1 amide bonds. The van der Waals surface area contributed by atoms with E-state index >= 15 is 0 Å². The molecule has 2 aromatic rings. The molecule has 1 saturated heterocycles. The number of halogens is 2. The molecule has 1 unspecified atom stereocenters. The summed E-state index contributed by atoms with van der Waals surface area (Å²) in [5.41, 5.74) is 2.30. The van der Waals surface area contributed by atoms with Gasteiger partial charge in [-0.3, -0.25) is 4.79 Å². The van der Waals surface area contributed by atoms with Gasteiger partial charge in [-0.1, -0.05) is 65.7 Å². The van der Waals surface area contributed by atoms with Crippen LogP contribution in [0.4, 0.5) is 0 Å². The molecule has 2 aromatic carbocycles. The molecule has 0 saturated carbocycles. The lowest BCUT2D eigenvalue weighted by Gasteiger charge is -2.37. The third-order valence-corrected chi connectivity index (χ3v) is 6.69. The van der Waals surface area contributed by atoms with Gasteiger partial charge in [-0.25, -0.2) is 4.79 Å². The Kier molecular flexibility index (Phi) is 9.54. The van der Waals surface area contributed by atoms with Crippen molar-refractivity contribution >= 4 is 41.2 Å². The highest BCUT2D eigenvalue weighted by Crippen LogP contribution is 2.35. The van der Waals surface area contributed by atoms with Crippen LogP contribution in [-0.2, 0) is 24.4 Å². The van der Waals surface area contributed by atoms with Gasteiger partial charge in [-0.05, 0) is 42.5 Å². The smallest absolute Gasteiger partial charge is 0.328 e. The highest BCUT2D eigenvalue weighted by Gasteiger charge is 2.34. The Hall–Kier alpha value is -2.38. The fraction of sp³-hybridized carbons (Fsp3) is 0.385. The van der Waals surface area contributed by atoms with Crippen molar-refractivity contribution in [2.24, 2.45) is 0 Å². The molecule has 1 aliphatic rings. The van der Waals surface area contributed by atoms with Crippen LogP contribution in [0.2, 0.25) is 10.0 Å². The summed E-state index contributed by atoms with van der Waals surface area (Å²) < 4.78 is 15.9. The fourth-order valence-electron chi connectivity index (χ4n) is 4.14. The average Bonchev–Trinajstić information content (AvgIpc) is 2.84. The SMILES string of the molecule is COCC1(c2ccc(C=CCC(NC(=O)c3c(Cl)cccc3Cl)C(=O)OC)cc2)CCOCC1. The van der Waals surface area contributed by atoms with Crippen LogP contribution in [-0.4, -0.2) is 52.0 Å². The standard InChI is InChI=1S/C26H29Cl2NO5/c1-32-17-26(13-15-34-16-14-26)19-11-9-18(10-12-19)5-3-8-22(25(31)33-2)29-24(30)23-20(27)6-4-7-21(23)28/h3-7,9-12,22H,8,13-17H2,1-2H3,(H,29,30). The van der Waals surface area contributed by atoms with E-state index < -0.39 is 17.9 Å². The first kappa shape index (κ1) is 26.2. The van der Waals surface area contributed by atoms with Gasteiger partial charge in [0.05, 0.1) is 29.3 Å². The lowest BCUT2D eigenvalue weighted by molar-refractivity contribution is -0.142. The van der Waals surface area contributed by atoms with Crippen molar-refractivity contribution in [2.45, 2.75) is 30.7 Å². The summed E-state index contributed by atoms with van der Waals surface area (Å²) in [6, 6.07) is 12.2. The van der Waals surface area contributed by atoms with E-state index in [2.05, 4.69) is 17.4 Å². The first-order valence-electron chi connectivity index (χ1n) is 11.1. The van der Waals surface area contributed by atoms with Gasteiger partial charge < -0.3 is 19.5 Å². The molecule has 1 fully saturated rings. The van der Waals surface area contributed by atoms with E-state index in [4.69, 9.17) is 37.4 Å². The average molecular weight is 506 g/mol. The quantitative estimate of drug-likeness (QED) is 0.482. The van der Waals surface area contributed by atoms with Gasteiger partial charge in [0.15, 0.2) is 0 Å². The minimum atomic E-state index is -0.882. The minimum absolute atomic E-state index is 0.0323. The van der Waals surface area contributed by atoms with Gasteiger partial charge in [0.25, 0.3) is 5.91 Å². The molecule has 0 aliphatic carbocycles. The van der Waals surface area contributed by atoms with Crippen LogP contribution < -0.4 is 5.32 Å². The van der Waals surface area contributed by atoms with Gasteiger partial charge in [0.1, 0.15) is 6.04 Å². The van der Waals surface area contributed by atoms with E-state index in [9.17, 15) is 9.59 Å². The Balaban J connectivity index is 1.68. The number of nitrogens with one attached hydrogen (secondary N) is 1. The third kappa shape index (κ3) is 6.39. The molecule has 0 spiro atoms. The molecule has 182 valence electrons. The zero-order valence-corrected chi connectivity index (χ0v) is 20.8. The Bertz CT molecular complexity index is 991. The van der Waals surface area contributed by atoms with Crippen molar-refractivity contribution in [1.29, 1.82) is 0 Å². The van der Waals surface area contributed by atoms with Gasteiger partial charge in [-0.2, -0.15) is 0 Å². The molecular formula is C26H29Cl2NO5. The number of carbonyl (C=O) groups excluding carboxylic acids is 2.